The minimum absolute atomic E-state index is 0.0535. The van der Waals surface area contributed by atoms with Crippen LogP contribution in [0.2, 0.25) is 0 Å². The second kappa shape index (κ2) is 7.86. The van der Waals surface area contributed by atoms with Crippen LogP contribution in [0, 0.1) is 5.82 Å². The molecule has 27 heavy (non-hydrogen) atoms. The van der Waals surface area contributed by atoms with E-state index in [2.05, 4.69) is 10.4 Å². The van der Waals surface area contributed by atoms with Gasteiger partial charge in [0.2, 0.25) is 0 Å². The molecule has 1 aliphatic rings. The molecule has 2 aromatic carbocycles. The van der Waals surface area contributed by atoms with E-state index >= 15 is 0 Å². The number of nitrogens with one attached hydrogen (secondary N) is 1. The number of nitrogens with two attached hydrogens (primary N) is 1. The van der Waals surface area contributed by atoms with Gasteiger partial charge in [-0.25, -0.2) is 4.39 Å². The van der Waals surface area contributed by atoms with Gasteiger partial charge in [0.15, 0.2) is 0 Å². The Morgan fingerprint density at radius 1 is 1.33 bits per heavy atom. The maximum atomic E-state index is 14.1. The fourth-order valence-electron chi connectivity index (χ4n) is 2.94. The fraction of sp³-hybridized carbons (Fsp3) is 0.211. The first kappa shape index (κ1) is 18.4. The molecular weight excluding hydrogens is 353 g/mol. The summed E-state index contributed by atoms with van der Waals surface area (Å²) in [6.45, 7) is 0. The predicted octanol–water partition coefficient (Wildman–Crippen LogP) is 2.54. The summed E-state index contributed by atoms with van der Waals surface area (Å²) in [6.07, 6.45) is 2.09. The summed E-state index contributed by atoms with van der Waals surface area (Å²) in [5, 5.41) is 14.8. The molecule has 4 N–H and O–H groups in total. The van der Waals surface area contributed by atoms with Gasteiger partial charge in [-0.2, -0.15) is 5.10 Å². The molecule has 0 saturated carbocycles. The molecule has 140 valence electrons. The predicted molar refractivity (Wildman–Crippen MR) is 97.6 cm³/mol. The first-order valence-electron chi connectivity index (χ1n) is 8.32. The monoisotopic (exact) mass is 371 g/mol. The summed E-state index contributed by atoms with van der Waals surface area (Å²) in [4.78, 5) is 23.1. The van der Waals surface area contributed by atoms with Gasteiger partial charge in [0, 0.05) is 5.69 Å². The molecular formula is C19H18FN3O4. The van der Waals surface area contributed by atoms with Crippen molar-refractivity contribution < 1.29 is 23.8 Å². The second-order valence-corrected chi connectivity index (χ2v) is 6.17. The molecule has 3 rings (SSSR count). The molecule has 2 aromatic rings. The van der Waals surface area contributed by atoms with Crippen molar-refractivity contribution in [2.75, 3.05) is 5.32 Å². The van der Waals surface area contributed by atoms with Crippen molar-refractivity contribution in [1.29, 1.82) is 0 Å². The Hall–Kier alpha value is -3.42. The van der Waals surface area contributed by atoms with Crippen LogP contribution in [0.15, 0.2) is 41.5 Å². The van der Waals surface area contributed by atoms with Crippen molar-refractivity contribution >= 4 is 23.8 Å². The van der Waals surface area contributed by atoms with Crippen molar-refractivity contribution in [2.24, 2.45) is 10.9 Å². The molecule has 1 heterocycles. The number of hydrogen-bond acceptors (Lipinski definition) is 5. The lowest BCUT2D eigenvalue weighted by molar-refractivity contribution is -0.139. The van der Waals surface area contributed by atoms with E-state index in [4.69, 9.17) is 15.7 Å². The van der Waals surface area contributed by atoms with Gasteiger partial charge >= 0.3 is 5.97 Å². The van der Waals surface area contributed by atoms with Gasteiger partial charge in [-0.05, 0) is 54.3 Å². The van der Waals surface area contributed by atoms with Crippen LogP contribution >= 0.6 is 0 Å². The number of amides is 1. The van der Waals surface area contributed by atoms with Crippen molar-refractivity contribution in [3.8, 4) is 5.75 Å². The lowest BCUT2D eigenvalue weighted by Crippen LogP contribution is -2.25. The standard InChI is InChI=1S/C19H18FN3O4/c20-16-7-11(10-22-21)1-5-15(16)19(26)23-13-3-6-17-12(8-13)2-4-14(27-17)9-18(24)25/h1,3,5-8,10,14H,2,4,9,21H2,(H,23,26)(H,24,25). The summed E-state index contributed by atoms with van der Waals surface area (Å²) in [5.41, 5.74) is 1.73. The minimum Gasteiger partial charge on any atom is -0.490 e. The van der Waals surface area contributed by atoms with E-state index in [1.54, 1.807) is 18.2 Å². The molecule has 0 fully saturated rings. The number of hydrazone groups is 1. The van der Waals surface area contributed by atoms with Crippen LogP contribution in [0.5, 0.6) is 5.75 Å². The molecule has 1 amide bonds. The molecule has 1 aliphatic heterocycles. The van der Waals surface area contributed by atoms with Crippen LogP contribution in [-0.2, 0) is 11.2 Å². The Balaban J connectivity index is 1.72. The zero-order valence-electron chi connectivity index (χ0n) is 14.3. The average Bonchev–Trinajstić information content (AvgIpc) is 2.61. The number of carbonyl (C=O) groups is 2. The number of hydrogen-bond donors (Lipinski definition) is 3. The quantitative estimate of drug-likeness (QED) is 0.425. The zero-order valence-corrected chi connectivity index (χ0v) is 14.3. The van der Waals surface area contributed by atoms with Crippen LogP contribution in [0.3, 0.4) is 0 Å². The number of carbonyl (C=O) groups excluding carboxylic acids is 1. The van der Waals surface area contributed by atoms with E-state index in [0.29, 0.717) is 29.8 Å². The van der Waals surface area contributed by atoms with E-state index in [1.807, 2.05) is 0 Å². The number of anilines is 1. The third-order valence-corrected chi connectivity index (χ3v) is 4.21. The molecule has 0 aromatic heterocycles. The maximum absolute atomic E-state index is 14.1. The zero-order chi connectivity index (χ0) is 19.4. The smallest absolute Gasteiger partial charge is 0.307 e. The van der Waals surface area contributed by atoms with Gasteiger partial charge in [0.25, 0.3) is 5.91 Å². The number of aliphatic carboxylic acids is 1. The van der Waals surface area contributed by atoms with Crippen LogP contribution in [0.1, 0.15) is 34.3 Å². The average molecular weight is 371 g/mol. The van der Waals surface area contributed by atoms with E-state index in [-0.39, 0.29) is 18.1 Å². The molecule has 8 heteroatoms. The number of aryl methyl sites for hydroxylation is 1. The van der Waals surface area contributed by atoms with Crippen LogP contribution < -0.4 is 15.9 Å². The Labute approximate surface area is 154 Å². The molecule has 0 bridgehead atoms. The van der Waals surface area contributed by atoms with Gasteiger partial charge in [-0.15, -0.1) is 0 Å². The van der Waals surface area contributed by atoms with Crippen molar-refractivity contribution in [3.05, 3.63) is 58.9 Å². The Kier molecular flexibility index (Phi) is 5.35. The first-order valence-corrected chi connectivity index (χ1v) is 8.32. The van der Waals surface area contributed by atoms with Crippen molar-refractivity contribution in [3.63, 3.8) is 0 Å². The number of halogens is 1. The van der Waals surface area contributed by atoms with Gasteiger partial charge in [-0.3, -0.25) is 9.59 Å². The molecule has 0 spiro atoms. The summed E-state index contributed by atoms with van der Waals surface area (Å²) >= 11 is 0. The summed E-state index contributed by atoms with van der Waals surface area (Å²) in [6, 6.07) is 9.13. The van der Waals surface area contributed by atoms with Gasteiger partial charge in [-0.1, -0.05) is 6.07 Å². The third kappa shape index (κ3) is 4.41. The molecule has 1 atom stereocenters. The molecule has 0 radical (unpaired) electrons. The second-order valence-electron chi connectivity index (χ2n) is 6.17. The molecule has 0 aliphatic carbocycles. The highest BCUT2D eigenvalue weighted by Crippen LogP contribution is 2.31. The highest BCUT2D eigenvalue weighted by atomic mass is 19.1. The Morgan fingerprint density at radius 3 is 2.85 bits per heavy atom. The Bertz CT molecular complexity index is 914. The van der Waals surface area contributed by atoms with Crippen LogP contribution in [-0.4, -0.2) is 29.3 Å². The SMILES string of the molecule is NN=Cc1ccc(C(=O)Nc2ccc3c(c2)CCC(CC(=O)O)O3)c(F)c1. The van der Waals surface area contributed by atoms with E-state index < -0.39 is 17.7 Å². The summed E-state index contributed by atoms with van der Waals surface area (Å²) < 4.78 is 19.8. The number of carboxylic acid groups (broad SMARTS) is 1. The van der Waals surface area contributed by atoms with Crippen molar-refractivity contribution in [1.82, 2.24) is 0 Å². The lowest BCUT2D eigenvalue weighted by Gasteiger charge is -2.25. The van der Waals surface area contributed by atoms with Gasteiger partial charge < -0.3 is 21.0 Å². The Morgan fingerprint density at radius 2 is 2.15 bits per heavy atom. The fourth-order valence-corrected chi connectivity index (χ4v) is 2.94. The first-order chi connectivity index (χ1) is 13.0. The number of rotatable bonds is 5. The normalized spacial score (nSPS) is 15.8. The minimum atomic E-state index is -0.905. The third-order valence-electron chi connectivity index (χ3n) is 4.21. The highest BCUT2D eigenvalue weighted by Gasteiger charge is 2.22. The number of carboxylic acids is 1. The van der Waals surface area contributed by atoms with E-state index in [0.717, 1.165) is 5.56 Å². The molecule has 7 nitrogen and oxygen atoms in total. The summed E-state index contributed by atoms with van der Waals surface area (Å²) in [5.74, 6) is 3.46. The summed E-state index contributed by atoms with van der Waals surface area (Å²) in [7, 11) is 0. The highest BCUT2D eigenvalue weighted by molar-refractivity contribution is 6.04. The maximum Gasteiger partial charge on any atom is 0.307 e. The number of nitrogens with zero attached hydrogens (tertiary/aromatic N) is 1. The number of benzene rings is 2. The lowest BCUT2D eigenvalue weighted by atomic mass is 10.00. The molecule has 1 unspecified atom stereocenters. The van der Waals surface area contributed by atoms with E-state index in [1.165, 1.54) is 24.4 Å². The van der Waals surface area contributed by atoms with Gasteiger partial charge in [0.1, 0.15) is 17.7 Å². The number of ether oxygens (including phenoxy) is 1. The van der Waals surface area contributed by atoms with Crippen molar-refractivity contribution in [2.45, 2.75) is 25.4 Å². The van der Waals surface area contributed by atoms with Crippen LogP contribution in [0.4, 0.5) is 10.1 Å². The van der Waals surface area contributed by atoms with E-state index in [9.17, 15) is 14.0 Å². The van der Waals surface area contributed by atoms with Crippen LogP contribution in [0.25, 0.3) is 0 Å². The largest absolute Gasteiger partial charge is 0.490 e. The number of fused-ring (bicyclic) bond motifs is 1. The molecule has 0 saturated heterocycles. The van der Waals surface area contributed by atoms with Gasteiger partial charge in [0.05, 0.1) is 18.2 Å². The topological polar surface area (TPSA) is 114 Å².